The van der Waals surface area contributed by atoms with E-state index in [2.05, 4.69) is 9.97 Å². The van der Waals surface area contributed by atoms with Gasteiger partial charge in [-0.2, -0.15) is 0 Å². The van der Waals surface area contributed by atoms with E-state index in [1.165, 1.54) is 4.90 Å². The lowest BCUT2D eigenvalue weighted by Crippen LogP contribution is -2.35. The fraction of sp³-hybridized carbons (Fsp3) is 0.714. The Hall–Kier alpha value is -2.18. The van der Waals surface area contributed by atoms with Gasteiger partial charge in [-0.3, -0.25) is 14.8 Å². The molecule has 1 aromatic heterocycles. The number of esters is 1. The summed E-state index contributed by atoms with van der Waals surface area (Å²) in [4.78, 5) is 34.9. The smallest absolute Gasteiger partial charge is 0.410 e. The highest BCUT2D eigenvalue weighted by Gasteiger charge is 2.26. The number of aromatic nitrogens is 2. The maximum atomic E-state index is 12.7. The zero-order chi connectivity index (χ0) is 21.5. The van der Waals surface area contributed by atoms with Crippen LogP contribution in [0.3, 0.4) is 0 Å². The van der Waals surface area contributed by atoms with Gasteiger partial charge in [0.2, 0.25) is 0 Å². The molecule has 158 valence electrons. The van der Waals surface area contributed by atoms with Crippen molar-refractivity contribution in [3.63, 3.8) is 0 Å². The molecule has 0 fully saturated rings. The lowest BCUT2D eigenvalue weighted by atomic mass is 9.97. The van der Waals surface area contributed by atoms with E-state index in [-0.39, 0.29) is 18.0 Å². The monoisotopic (exact) mass is 393 g/mol. The molecule has 0 saturated carbocycles. The van der Waals surface area contributed by atoms with Gasteiger partial charge in [-0.15, -0.1) is 0 Å². The molecule has 7 nitrogen and oxygen atoms in total. The maximum absolute atomic E-state index is 12.7. The highest BCUT2D eigenvalue weighted by atomic mass is 16.6. The maximum Gasteiger partial charge on any atom is 0.410 e. The summed E-state index contributed by atoms with van der Waals surface area (Å²) in [5, 5.41) is 0. The molecular weight excluding hydrogens is 358 g/mol. The molecule has 0 N–H and O–H groups in total. The molecule has 1 rings (SSSR count). The zero-order valence-electron chi connectivity index (χ0n) is 18.5. The average Bonchev–Trinajstić information content (AvgIpc) is 2.52. The third-order valence-electron chi connectivity index (χ3n) is 3.78. The Balaban J connectivity index is 2.70. The van der Waals surface area contributed by atoms with Gasteiger partial charge in [-0.1, -0.05) is 0 Å². The van der Waals surface area contributed by atoms with E-state index in [9.17, 15) is 9.59 Å². The van der Waals surface area contributed by atoms with Crippen molar-refractivity contribution in [2.75, 3.05) is 13.6 Å². The second-order valence-corrected chi connectivity index (χ2v) is 9.13. The summed E-state index contributed by atoms with van der Waals surface area (Å²) < 4.78 is 10.9. The Bertz CT molecular complexity index is 645. The topological polar surface area (TPSA) is 81.6 Å². The first-order chi connectivity index (χ1) is 12.8. The summed E-state index contributed by atoms with van der Waals surface area (Å²) in [7, 11) is 1.70. The third kappa shape index (κ3) is 9.67. The number of hydrogen-bond acceptors (Lipinski definition) is 6. The molecule has 7 heteroatoms. The Morgan fingerprint density at radius 3 is 2.14 bits per heavy atom. The molecule has 0 aliphatic carbocycles. The largest absolute Gasteiger partial charge is 0.460 e. The zero-order valence-corrected chi connectivity index (χ0v) is 18.5. The highest BCUT2D eigenvalue weighted by molar-refractivity contribution is 5.73. The van der Waals surface area contributed by atoms with E-state index in [4.69, 9.17) is 9.47 Å². The minimum Gasteiger partial charge on any atom is -0.460 e. The van der Waals surface area contributed by atoms with Crippen molar-refractivity contribution >= 4 is 12.1 Å². The molecule has 1 unspecified atom stereocenters. The lowest BCUT2D eigenvalue weighted by Gasteiger charge is -2.26. The minimum atomic E-state index is -0.554. The number of hydrogen-bond donors (Lipinski definition) is 0. The first kappa shape index (κ1) is 23.9. The number of ether oxygens (including phenoxy) is 2. The number of carbonyl (C=O) groups excluding carboxylic acids is 2. The van der Waals surface area contributed by atoms with Crippen LogP contribution in [-0.2, 0) is 20.7 Å². The molecule has 0 aliphatic rings. The number of carbonyl (C=O) groups is 2. The van der Waals surface area contributed by atoms with Crippen LogP contribution in [0.2, 0.25) is 0 Å². The highest BCUT2D eigenvalue weighted by Crippen LogP contribution is 2.19. The SMILES string of the molecule is Cc1cnc(CC(CCCN(C)C(=O)OC(C)(C)C)C(=O)OC(C)(C)C)cn1. The van der Waals surface area contributed by atoms with Crippen LogP contribution in [0.4, 0.5) is 4.79 Å². The van der Waals surface area contributed by atoms with Gasteiger partial charge in [-0.05, 0) is 61.3 Å². The third-order valence-corrected chi connectivity index (χ3v) is 3.78. The Morgan fingerprint density at radius 1 is 1.04 bits per heavy atom. The summed E-state index contributed by atoms with van der Waals surface area (Å²) in [6.07, 6.45) is 4.71. The van der Waals surface area contributed by atoms with E-state index in [0.717, 1.165) is 11.4 Å². The average molecular weight is 394 g/mol. The number of nitrogens with zero attached hydrogens (tertiary/aromatic N) is 3. The Kier molecular flexibility index (Phi) is 8.39. The molecule has 0 bridgehead atoms. The van der Waals surface area contributed by atoms with Crippen molar-refractivity contribution in [3.05, 3.63) is 23.8 Å². The second kappa shape index (κ2) is 9.85. The fourth-order valence-corrected chi connectivity index (χ4v) is 2.47. The van der Waals surface area contributed by atoms with Crippen molar-refractivity contribution in [2.45, 2.75) is 78.9 Å². The Morgan fingerprint density at radius 2 is 1.64 bits per heavy atom. The van der Waals surface area contributed by atoms with Gasteiger partial charge in [0.1, 0.15) is 11.2 Å². The first-order valence-corrected chi connectivity index (χ1v) is 9.71. The van der Waals surface area contributed by atoms with E-state index in [1.54, 1.807) is 19.4 Å². The van der Waals surface area contributed by atoms with Gasteiger partial charge < -0.3 is 14.4 Å². The molecule has 28 heavy (non-hydrogen) atoms. The summed E-state index contributed by atoms with van der Waals surface area (Å²) in [6, 6.07) is 0. The van der Waals surface area contributed by atoms with Gasteiger partial charge in [0.05, 0.1) is 17.3 Å². The molecule has 1 aromatic rings. The van der Waals surface area contributed by atoms with Gasteiger partial charge in [0.15, 0.2) is 0 Å². The van der Waals surface area contributed by atoms with Crippen molar-refractivity contribution in [1.29, 1.82) is 0 Å². The van der Waals surface area contributed by atoms with Crippen molar-refractivity contribution in [1.82, 2.24) is 14.9 Å². The molecule has 0 aromatic carbocycles. The first-order valence-electron chi connectivity index (χ1n) is 9.71. The predicted octanol–water partition coefficient (Wildman–Crippen LogP) is 3.93. The van der Waals surface area contributed by atoms with Crippen LogP contribution in [0.1, 0.15) is 65.8 Å². The van der Waals surface area contributed by atoms with Crippen molar-refractivity contribution < 1.29 is 19.1 Å². The quantitative estimate of drug-likeness (QED) is 0.653. The fourth-order valence-electron chi connectivity index (χ4n) is 2.47. The molecule has 0 saturated heterocycles. The predicted molar refractivity (Wildman–Crippen MR) is 108 cm³/mol. The molecule has 1 amide bonds. The summed E-state index contributed by atoms with van der Waals surface area (Å²) in [6.45, 7) is 13.4. The Labute approximate surface area is 168 Å². The minimum absolute atomic E-state index is 0.255. The lowest BCUT2D eigenvalue weighted by molar-refractivity contribution is -0.160. The number of aryl methyl sites for hydroxylation is 1. The van der Waals surface area contributed by atoms with Crippen LogP contribution in [0.15, 0.2) is 12.4 Å². The van der Waals surface area contributed by atoms with E-state index in [0.29, 0.717) is 25.8 Å². The van der Waals surface area contributed by atoms with E-state index >= 15 is 0 Å². The van der Waals surface area contributed by atoms with Gasteiger partial charge in [0.25, 0.3) is 0 Å². The van der Waals surface area contributed by atoms with Crippen molar-refractivity contribution in [2.24, 2.45) is 5.92 Å². The molecular formula is C21H35N3O4. The van der Waals surface area contributed by atoms with Gasteiger partial charge in [0, 0.05) is 32.4 Å². The number of rotatable bonds is 7. The van der Waals surface area contributed by atoms with Gasteiger partial charge in [-0.25, -0.2) is 4.79 Å². The summed E-state index contributed by atoms with van der Waals surface area (Å²) in [5.41, 5.74) is 0.495. The normalized spacial score (nSPS) is 13.0. The van der Waals surface area contributed by atoms with Crippen LogP contribution in [-0.4, -0.2) is 51.7 Å². The second-order valence-electron chi connectivity index (χ2n) is 9.13. The summed E-state index contributed by atoms with van der Waals surface area (Å²) in [5.74, 6) is -0.599. The van der Waals surface area contributed by atoms with Crippen LogP contribution in [0, 0.1) is 12.8 Å². The van der Waals surface area contributed by atoms with Crippen LogP contribution in [0.5, 0.6) is 0 Å². The standard InChI is InChI=1S/C21H35N3O4/c1-15-13-23-17(14-22-15)12-16(18(25)27-20(2,3)4)10-9-11-24(8)19(26)28-21(5,6)7/h13-14,16H,9-12H2,1-8H3. The van der Waals surface area contributed by atoms with Crippen LogP contribution < -0.4 is 0 Å². The van der Waals surface area contributed by atoms with Crippen molar-refractivity contribution in [3.8, 4) is 0 Å². The molecule has 0 radical (unpaired) electrons. The molecule has 0 spiro atoms. The van der Waals surface area contributed by atoms with Crippen LogP contribution >= 0.6 is 0 Å². The molecule has 1 atom stereocenters. The van der Waals surface area contributed by atoms with Gasteiger partial charge >= 0.3 is 12.1 Å². The van der Waals surface area contributed by atoms with Crippen LogP contribution in [0.25, 0.3) is 0 Å². The number of amides is 1. The summed E-state index contributed by atoms with van der Waals surface area (Å²) >= 11 is 0. The van der Waals surface area contributed by atoms with E-state index in [1.807, 2.05) is 48.5 Å². The molecule has 0 aliphatic heterocycles. The molecule has 1 heterocycles. The van der Waals surface area contributed by atoms with E-state index < -0.39 is 11.2 Å².